The normalized spacial score (nSPS) is 26.2. The van der Waals surface area contributed by atoms with E-state index >= 15 is 0 Å². The fraction of sp³-hybridized carbons (Fsp3) is 0.652. The summed E-state index contributed by atoms with van der Waals surface area (Å²) < 4.78 is 42.1. The second-order valence-electron chi connectivity index (χ2n) is 9.30. The number of halogens is 1. The van der Waals surface area contributed by atoms with Gasteiger partial charge in [0.25, 0.3) is 0 Å². The van der Waals surface area contributed by atoms with E-state index in [0.717, 1.165) is 57.1 Å². The minimum atomic E-state index is -3.78. The van der Waals surface area contributed by atoms with Gasteiger partial charge in [-0.15, -0.1) is 0 Å². The molecule has 2 saturated carbocycles. The predicted octanol–water partition coefficient (Wildman–Crippen LogP) is 3.08. The number of nitrogens with one attached hydrogen (secondary N) is 2. The Hall–Kier alpha value is -2.02. The Balaban J connectivity index is 1.69. The first-order valence-electron chi connectivity index (χ1n) is 11.3. The highest BCUT2D eigenvalue weighted by Gasteiger charge is 2.49. The van der Waals surface area contributed by atoms with Crippen molar-refractivity contribution in [1.29, 1.82) is 5.26 Å². The van der Waals surface area contributed by atoms with Crippen LogP contribution in [0, 0.1) is 17.1 Å². The maximum absolute atomic E-state index is 13.2. The summed E-state index contributed by atoms with van der Waals surface area (Å²) in [4.78, 5) is 14.3. The number of benzene rings is 1. The second kappa shape index (κ2) is 9.86. The summed E-state index contributed by atoms with van der Waals surface area (Å²) >= 11 is 0. The SMILES string of the molecule is CCCC(C#N)N(C)C(=O)CNC12CCCC(NS(=O)(=O)c3ccc(F)cc3)(CCC1)C2. The van der Waals surface area contributed by atoms with Crippen molar-refractivity contribution in [3.63, 3.8) is 0 Å². The van der Waals surface area contributed by atoms with Crippen LogP contribution in [0.1, 0.15) is 64.7 Å². The van der Waals surface area contributed by atoms with Crippen molar-refractivity contribution in [2.75, 3.05) is 13.6 Å². The molecule has 3 rings (SSSR count). The molecular weight excluding hydrogens is 431 g/mol. The number of likely N-dealkylation sites (N-methyl/N-ethyl adjacent to an activating group) is 1. The molecule has 7 nitrogen and oxygen atoms in total. The maximum atomic E-state index is 13.2. The van der Waals surface area contributed by atoms with Crippen molar-refractivity contribution in [3.05, 3.63) is 30.1 Å². The van der Waals surface area contributed by atoms with E-state index in [1.807, 2.05) is 6.92 Å². The van der Waals surface area contributed by atoms with Gasteiger partial charge in [0.15, 0.2) is 0 Å². The number of hydrogen-bond acceptors (Lipinski definition) is 5. The van der Waals surface area contributed by atoms with Crippen molar-refractivity contribution < 1.29 is 17.6 Å². The van der Waals surface area contributed by atoms with Gasteiger partial charge in [-0.05, 0) is 75.6 Å². The second-order valence-corrected chi connectivity index (χ2v) is 11.0. The van der Waals surface area contributed by atoms with E-state index in [1.165, 1.54) is 17.0 Å². The largest absolute Gasteiger partial charge is 0.329 e. The van der Waals surface area contributed by atoms with Crippen LogP contribution in [0.4, 0.5) is 4.39 Å². The van der Waals surface area contributed by atoms with Gasteiger partial charge < -0.3 is 10.2 Å². The highest BCUT2D eigenvalue weighted by molar-refractivity contribution is 7.89. The standard InChI is InChI=1S/C23H33FN4O3S/c1-3-6-19(15-25)28(2)21(29)16-26-22-11-4-13-23(17-22,14-5-12-22)27-32(30,31)20-9-7-18(24)8-10-20/h7-10,19,26-27H,3-6,11-14,16-17H2,1-2H3. The van der Waals surface area contributed by atoms with Crippen LogP contribution in [0.15, 0.2) is 29.2 Å². The van der Waals surface area contributed by atoms with Crippen LogP contribution in [0.3, 0.4) is 0 Å². The van der Waals surface area contributed by atoms with Crippen LogP contribution in [0.2, 0.25) is 0 Å². The molecule has 2 bridgehead atoms. The number of carbonyl (C=O) groups is 1. The fourth-order valence-electron chi connectivity index (χ4n) is 5.30. The molecule has 2 N–H and O–H groups in total. The lowest BCUT2D eigenvalue weighted by molar-refractivity contribution is -0.130. The van der Waals surface area contributed by atoms with Crippen molar-refractivity contribution in [2.45, 2.75) is 86.7 Å². The number of fused-ring (bicyclic) bond motifs is 2. The molecule has 0 spiro atoms. The Labute approximate surface area is 190 Å². The molecule has 0 saturated heterocycles. The van der Waals surface area contributed by atoms with E-state index in [1.54, 1.807) is 7.05 Å². The first-order valence-corrected chi connectivity index (χ1v) is 12.8. The zero-order chi connectivity index (χ0) is 23.4. The quantitative estimate of drug-likeness (QED) is 0.585. The monoisotopic (exact) mass is 464 g/mol. The number of nitriles is 1. The van der Waals surface area contributed by atoms with Crippen LogP contribution in [-0.4, -0.2) is 49.9 Å². The predicted molar refractivity (Wildman–Crippen MR) is 120 cm³/mol. The average molecular weight is 465 g/mol. The van der Waals surface area contributed by atoms with E-state index < -0.39 is 27.4 Å². The third-order valence-corrected chi connectivity index (χ3v) is 8.55. The zero-order valence-corrected chi connectivity index (χ0v) is 19.7. The molecule has 2 aliphatic carbocycles. The molecule has 9 heteroatoms. The number of nitrogens with zero attached hydrogens (tertiary/aromatic N) is 2. The van der Waals surface area contributed by atoms with Gasteiger partial charge in [0.2, 0.25) is 15.9 Å². The van der Waals surface area contributed by atoms with Crippen LogP contribution in [0.25, 0.3) is 0 Å². The lowest BCUT2D eigenvalue weighted by Crippen LogP contribution is -2.63. The van der Waals surface area contributed by atoms with E-state index in [4.69, 9.17) is 0 Å². The van der Waals surface area contributed by atoms with E-state index in [-0.39, 0.29) is 22.9 Å². The summed E-state index contributed by atoms with van der Waals surface area (Å²) in [6.07, 6.45) is 6.98. The summed E-state index contributed by atoms with van der Waals surface area (Å²) in [6.45, 7) is 2.11. The van der Waals surface area contributed by atoms with Crippen LogP contribution in [0.5, 0.6) is 0 Å². The highest BCUT2D eigenvalue weighted by Crippen LogP contribution is 2.46. The van der Waals surface area contributed by atoms with Gasteiger partial charge in [0.1, 0.15) is 11.9 Å². The van der Waals surface area contributed by atoms with Gasteiger partial charge in [-0.2, -0.15) is 5.26 Å². The minimum Gasteiger partial charge on any atom is -0.329 e. The zero-order valence-electron chi connectivity index (χ0n) is 18.9. The van der Waals surface area contributed by atoms with E-state index in [2.05, 4.69) is 16.1 Å². The minimum absolute atomic E-state index is 0.0539. The van der Waals surface area contributed by atoms with Crippen molar-refractivity contribution in [1.82, 2.24) is 14.9 Å². The van der Waals surface area contributed by atoms with Crippen LogP contribution >= 0.6 is 0 Å². The molecule has 0 radical (unpaired) electrons. The number of amides is 1. The molecule has 1 aromatic carbocycles. The number of sulfonamides is 1. The molecule has 1 unspecified atom stereocenters. The van der Waals surface area contributed by atoms with Gasteiger partial charge in [0, 0.05) is 18.1 Å². The third kappa shape index (κ3) is 5.48. The van der Waals surface area contributed by atoms with Crippen molar-refractivity contribution in [2.24, 2.45) is 0 Å². The molecular formula is C23H33FN4O3S. The number of carbonyl (C=O) groups excluding carboxylic acids is 1. The van der Waals surface area contributed by atoms with Crippen LogP contribution < -0.4 is 10.0 Å². The smallest absolute Gasteiger partial charge is 0.241 e. The summed E-state index contributed by atoms with van der Waals surface area (Å²) in [7, 11) is -2.12. The number of rotatable bonds is 9. The molecule has 0 aromatic heterocycles. The molecule has 1 atom stereocenters. The molecule has 2 aliphatic rings. The molecule has 1 amide bonds. The van der Waals surface area contributed by atoms with E-state index in [9.17, 15) is 22.9 Å². The Morgan fingerprint density at radius 3 is 2.34 bits per heavy atom. The molecule has 2 fully saturated rings. The highest BCUT2D eigenvalue weighted by atomic mass is 32.2. The Kier molecular flexibility index (Phi) is 7.58. The van der Waals surface area contributed by atoms with Crippen LogP contribution in [-0.2, 0) is 14.8 Å². The van der Waals surface area contributed by atoms with E-state index in [0.29, 0.717) is 12.8 Å². The van der Waals surface area contributed by atoms with Gasteiger partial charge >= 0.3 is 0 Å². The molecule has 0 heterocycles. The average Bonchev–Trinajstić information content (AvgIpc) is 2.75. The van der Waals surface area contributed by atoms with Gasteiger partial charge in [-0.1, -0.05) is 13.3 Å². The maximum Gasteiger partial charge on any atom is 0.241 e. The molecule has 32 heavy (non-hydrogen) atoms. The Morgan fingerprint density at radius 2 is 1.78 bits per heavy atom. The fourth-order valence-corrected chi connectivity index (χ4v) is 6.76. The lowest BCUT2D eigenvalue weighted by atomic mass is 9.63. The van der Waals surface area contributed by atoms with Crippen molar-refractivity contribution >= 4 is 15.9 Å². The first-order chi connectivity index (χ1) is 15.1. The molecule has 0 aliphatic heterocycles. The summed E-state index contributed by atoms with van der Waals surface area (Å²) in [5, 5.41) is 12.8. The summed E-state index contributed by atoms with van der Waals surface area (Å²) in [5.74, 6) is -0.610. The van der Waals surface area contributed by atoms with Gasteiger partial charge in [-0.25, -0.2) is 17.5 Å². The summed E-state index contributed by atoms with van der Waals surface area (Å²) in [6, 6.07) is 6.61. The van der Waals surface area contributed by atoms with Crippen molar-refractivity contribution in [3.8, 4) is 6.07 Å². The summed E-state index contributed by atoms with van der Waals surface area (Å²) in [5.41, 5.74) is -0.895. The van der Waals surface area contributed by atoms with Gasteiger partial charge in [0.05, 0.1) is 17.5 Å². The Morgan fingerprint density at radius 1 is 1.19 bits per heavy atom. The topological polar surface area (TPSA) is 102 Å². The molecule has 176 valence electrons. The lowest BCUT2D eigenvalue weighted by Gasteiger charge is -2.52. The number of hydrogen-bond donors (Lipinski definition) is 2. The molecule has 1 aromatic rings. The third-order valence-electron chi connectivity index (χ3n) is 6.96. The Bertz CT molecular complexity index is 948. The van der Waals surface area contributed by atoms with Gasteiger partial charge in [-0.3, -0.25) is 4.79 Å². The first kappa shape index (κ1) is 24.6.